The number of benzene rings is 1. The van der Waals surface area contributed by atoms with E-state index in [0.717, 1.165) is 12.8 Å². The van der Waals surface area contributed by atoms with Gasteiger partial charge in [-0.25, -0.2) is 9.18 Å². The fourth-order valence-electron chi connectivity index (χ4n) is 1.49. The minimum Gasteiger partial charge on any atom is -0.478 e. The van der Waals surface area contributed by atoms with Gasteiger partial charge in [0, 0.05) is 12.6 Å². The van der Waals surface area contributed by atoms with Crippen LogP contribution >= 0.6 is 0 Å². The van der Waals surface area contributed by atoms with Gasteiger partial charge in [0.15, 0.2) is 0 Å². The van der Waals surface area contributed by atoms with E-state index in [1.165, 1.54) is 12.1 Å². The third-order valence-electron chi connectivity index (χ3n) is 2.64. The van der Waals surface area contributed by atoms with E-state index in [4.69, 9.17) is 5.11 Å². The van der Waals surface area contributed by atoms with Crippen LogP contribution in [0.3, 0.4) is 0 Å². The molecule has 0 aromatic heterocycles. The lowest BCUT2D eigenvalue weighted by Crippen LogP contribution is -2.22. The van der Waals surface area contributed by atoms with Crippen molar-refractivity contribution >= 4 is 12.0 Å². The molecule has 1 aliphatic carbocycles. The van der Waals surface area contributed by atoms with Crippen molar-refractivity contribution in [2.24, 2.45) is 0 Å². The number of hydrogen-bond donors (Lipinski definition) is 2. The van der Waals surface area contributed by atoms with E-state index in [0.29, 0.717) is 23.7 Å². The van der Waals surface area contributed by atoms with Crippen molar-refractivity contribution in [2.45, 2.75) is 18.9 Å². The van der Waals surface area contributed by atoms with Crippen molar-refractivity contribution in [2.75, 3.05) is 6.54 Å². The molecule has 0 spiro atoms. The lowest BCUT2D eigenvalue weighted by Gasteiger charge is -2.04. The Morgan fingerprint density at radius 1 is 1.41 bits per heavy atom. The summed E-state index contributed by atoms with van der Waals surface area (Å²) in [5.74, 6) is -1.27. The Morgan fingerprint density at radius 3 is 2.59 bits per heavy atom. The first-order valence-corrected chi connectivity index (χ1v) is 5.58. The maximum atomic E-state index is 12.7. The number of aliphatic carboxylic acids is 1. The summed E-state index contributed by atoms with van der Waals surface area (Å²) in [6, 6.07) is 6.23. The van der Waals surface area contributed by atoms with Crippen LogP contribution in [0.25, 0.3) is 6.08 Å². The van der Waals surface area contributed by atoms with Crippen LogP contribution in [0.5, 0.6) is 0 Å². The fraction of sp³-hybridized carbons (Fsp3) is 0.308. The van der Waals surface area contributed by atoms with Gasteiger partial charge in [-0.1, -0.05) is 12.1 Å². The van der Waals surface area contributed by atoms with Crippen LogP contribution in [0.2, 0.25) is 0 Å². The number of nitrogens with one attached hydrogen (secondary N) is 1. The second-order valence-electron chi connectivity index (χ2n) is 4.18. The van der Waals surface area contributed by atoms with Crippen LogP contribution in [0, 0.1) is 5.82 Å². The smallest absolute Gasteiger partial charge is 0.332 e. The Balaban J connectivity index is 2.07. The van der Waals surface area contributed by atoms with Crippen molar-refractivity contribution in [1.82, 2.24) is 5.32 Å². The molecule has 1 fully saturated rings. The molecular weight excluding hydrogens is 221 g/mol. The van der Waals surface area contributed by atoms with Gasteiger partial charge in [-0.15, -0.1) is 0 Å². The number of halogens is 1. The predicted molar refractivity (Wildman–Crippen MR) is 63.0 cm³/mol. The highest BCUT2D eigenvalue weighted by Gasteiger charge is 2.21. The molecule has 0 aliphatic heterocycles. The maximum Gasteiger partial charge on any atom is 0.332 e. The number of carboxylic acids is 1. The zero-order valence-corrected chi connectivity index (χ0v) is 9.32. The number of carbonyl (C=O) groups is 1. The van der Waals surface area contributed by atoms with Gasteiger partial charge in [-0.3, -0.25) is 0 Å². The first kappa shape index (κ1) is 11.8. The van der Waals surface area contributed by atoms with Crippen LogP contribution in [0.1, 0.15) is 18.4 Å². The predicted octanol–water partition coefficient (Wildman–Crippen LogP) is 2.05. The van der Waals surface area contributed by atoms with Crippen molar-refractivity contribution in [3.63, 3.8) is 0 Å². The molecule has 0 heterocycles. The van der Waals surface area contributed by atoms with Gasteiger partial charge in [-0.05, 0) is 36.6 Å². The van der Waals surface area contributed by atoms with Gasteiger partial charge >= 0.3 is 5.97 Å². The van der Waals surface area contributed by atoms with E-state index in [9.17, 15) is 9.18 Å². The summed E-state index contributed by atoms with van der Waals surface area (Å²) in [5, 5.41) is 12.2. The molecule has 90 valence electrons. The third kappa shape index (κ3) is 3.67. The molecule has 2 rings (SSSR count). The number of rotatable bonds is 5. The summed E-state index contributed by atoms with van der Waals surface area (Å²) >= 11 is 0. The van der Waals surface area contributed by atoms with Gasteiger partial charge in [0.25, 0.3) is 0 Å². The highest BCUT2D eigenvalue weighted by Crippen LogP contribution is 2.19. The van der Waals surface area contributed by atoms with Gasteiger partial charge < -0.3 is 10.4 Å². The highest BCUT2D eigenvalue weighted by molar-refractivity contribution is 5.92. The summed E-state index contributed by atoms with van der Waals surface area (Å²) < 4.78 is 12.7. The molecule has 0 amide bonds. The van der Waals surface area contributed by atoms with Crippen LogP contribution < -0.4 is 5.32 Å². The molecule has 4 heteroatoms. The number of hydrogen-bond acceptors (Lipinski definition) is 2. The van der Waals surface area contributed by atoms with E-state index in [-0.39, 0.29) is 5.82 Å². The molecule has 0 atom stereocenters. The molecule has 1 aromatic carbocycles. The Labute approximate surface area is 99.0 Å². The third-order valence-corrected chi connectivity index (χ3v) is 2.64. The molecule has 1 aromatic rings. The first-order chi connectivity index (χ1) is 8.15. The number of carboxylic acid groups (broad SMARTS) is 1. The normalized spacial score (nSPS) is 15.9. The molecule has 1 aliphatic rings. The molecule has 2 N–H and O–H groups in total. The molecule has 0 unspecified atom stereocenters. The van der Waals surface area contributed by atoms with Crippen molar-refractivity contribution in [3.8, 4) is 0 Å². The lowest BCUT2D eigenvalue weighted by molar-refractivity contribution is -0.132. The van der Waals surface area contributed by atoms with Crippen LogP contribution in [-0.2, 0) is 4.79 Å². The summed E-state index contributed by atoms with van der Waals surface area (Å²) in [5.41, 5.74) is 0.991. The average molecular weight is 235 g/mol. The molecule has 17 heavy (non-hydrogen) atoms. The summed E-state index contributed by atoms with van der Waals surface area (Å²) in [7, 11) is 0. The Bertz CT molecular complexity index is 435. The van der Waals surface area contributed by atoms with Gasteiger partial charge in [-0.2, -0.15) is 0 Å². The van der Waals surface area contributed by atoms with E-state index in [2.05, 4.69) is 5.32 Å². The monoisotopic (exact) mass is 235 g/mol. The minimum absolute atomic E-state index is 0.295. The zero-order chi connectivity index (χ0) is 12.3. The van der Waals surface area contributed by atoms with Crippen molar-refractivity contribution < 1.29 is 14.3 Å². The second-order valence-corrected chi connectivity index (χ2v) is 4.18. The van der Waals surface area contributed by atoms with E-state index < -0.39 is 5.97 Å². The first-order valence-electron chi connectivity index (χ1n) is 5.58. The topological polar surface area (TPSA) is 49.3 Å². The molecule has 0 radical (unpaired) electrons. The molecule has 1 saturated carbocycles. The maximum absolute atomic E-state index is 12.7. The molecule has 0 bridgehead atoms. The minimum atomic E-state index is -0.942. The molecular formula is C13H14FNO2. The SMILES string of the molecule is O=C(O)/C(=C/c1ccc(F)cc1)CNC1CC1. The zero-order valence-electron chi connectivity index (χ0n) is 9.32. The molecule has 0 saturated heterocycles. The largest absolute Gasteiger partial charge is 0.478 e. The summed E-state index contributed by atoms with van der Waals surface area (Å²) in [6.45, 7) is 0.345. The quantitative estimate of drug-likeness (QED) is 0.768. The Kier molecular flexibility index (Phi) is 3.54. The van der Waals surface area contributed by atoms with Gasteiger partial charge in [0.1, 0.15) is 5.82 Å². The summed E-state index contributed by atoms with van der Waals surface area (Å²) in [4.78, 5) is 11.0. The fourth-order valence-corrected chi connectivity index (χ4v) is 1.49. The van der Waals surface area contributed by atoms with Gasteiger partial charge in [0.05, 0.1) is 5.57 Å². The van der Waals surface area contributed by atoms with E-state index in [1.807, 2.05) is 0 Å². The standard InChI is InChI=1S/C13H14FNO2/c14-11-3-1-9(2-4-11)7-10(13(16)17)8-15-12-5-6-12/h1-4,7,12,15H,5-6,8H2,(H,16,17)/b10-7+. The lowest BCUT2D eigenvalue weighted by atomic mass is 10.1. The highest BCUT2D eigenvalue weighted by atomic mass is 19.1. The van der Waals surface area contributed by atoms with Crippen molar-refractivity contribution in [3.05, 3.63) is 41.2 Å². The van der Waals surface area contributed by atoms with E-state index >= 15 is 0 Å². The van der Waals surface area contributed by atoms with Gasteiger partial charge in [0.2, 0.25) is 0 Å². The van der Waals surface area contributed by atoms with Crippen molar-refractivity contribution in [1.29, 1.82) is 0 Å². The van der Waals surface area contributed by atoms with Crippen LogP contribution in [0.4, 0.5) is 4.39 Å². The van der Waals surface area contributed by atoms with E-state index in [1.54, 1.807) is 18.2 Å². The average Bonchev–Trinajstić information content (AvgIpc) is 3.10. The van der Waals surface area contributed by atoms with Crippen LogP contribution in [-0.4, -0.2) is 23.7 Å². The molecule has 3 nitrogen and oxygen atoms in total. The van der Waals surface area contributed by atoms with Crippen LogP contribution in [0.15, 0.2) is 29.8 Å². The Morgan fingerprint density at radius 2 is 2.06 bits per heavy atom. The Hall–Kier alpha value is -1.68. The second kappa shape index (κ2) is 5.10. The summed E-state index contributed by atoms with van der Waals surface area (Å²) in [6.07, 6.45) is 3.80.